The van der Waals surface area contributed by atoms with Crippen LogP contribution in [-0.4, -0.2) is 45.7 Å². The molecule has 2 aliphatic rings. The molecule has 1 saturated heterocycles. The van der Waals surface area contributed by atoms with E-state index in [4.69, 9.17) is 0 Å². The Morgan fingerprint density at radius 2 is 1.79 bits per heavy atom. The number of para-hydroxylation sites is 1. The number of H-pyrrole nitrogens is 1. The fourth-order valence-electron chi connectivity index (χ4n) is 4.76. The van der Waals surface area contributed by atoms with Crippen LogP contribution in [0.1, 0.15) is 36.2 Å². The third kappa shape index (κ3) is 2.46. The van der Waals surface area contributed by atoms with E-state index in [0.717, 1.165) is 34.1 Å². The number of benzene rings is 2. The summed E-state index contributed by atoms with van der Waals surface area (Å²) < 4.78 is 0. The van der Waals surface area contributed by atoms with E-state index in [-0.39, 0.29) is 24.4 Å². The monoisotopic (exact) mass is 373 g/mol. The minimum atomic E-state index is -0.440. The summed E-state index contributed by atoms with van der Waals surface area (Å²) in [6, 6.07) is 17.5. The van der Waals surface area contributed by atoms with Crippen molar-refractivity contribution in [3.05, 3.63) is 71.4 Å². The fraction of sp³-hybridized carbons (Fsp3) is 0.304. The first-order valence-electron chi connectivity index (χ1n) is 9.93. The molecule has 5 nitrogen and oxygen atoms in total. The van der Waals surface area contributed by atoms with Crippen LogP contribution in [-0.2, 0) is 16.0 Å². The molecule has 0 saturated carbocycles. The molecule has 5 rings (SSSR count). The standard InChI is InChI=1S/C23H23N3O2/c1-2-12-25-14-20(27)26-19(23(25)28)13-17-16-10-6-7-11-18(16)24-21(17)22(26)15-8-4-3-5-9-15/h3-11,19,22,24H,2,12-14H2,1H3/t19-,22-/m0/s1. The molecule has 2 amide bonds. The number of carbonyl (C=O) groups excluding carboxylic acids is 2. The van der Waals surface area contributed by atoms with Crippen molar-refractivity contribution in [1.82, 2.24) is 14.8 Å². The van der Waals surface area contributed by atoms with Gasteiger partial charge in [-0.25, -0.2) is 0 Å². The van der Waals surface area contributed by atoms with Crippen LogP contribution in [0.3, 0.4) is 0 Å². The van der Waals surface area contributed by atoms with Gasteiger partial charge in [0.05, 0.1) is 12.6 Å². The molecule has 1 aromatic heterocycles. The van der Waals surface area contributed by atoms with E-state index in [1.54, 1.807) is 4.90 Å². The normalized spacial score (nSPS) is 21.8. The molecule has 0 radical (unpaired) electrons. The minimum Gasteiger partial charge on any atom is -0.356 e. The van der Waals surface area contributed by atoms with E-state index in [0.29, 0.717) is 13.0 Å². The van der Waals surface area contributed by atoms with Crippen molar-refractivity contribution < 1.29 is 9.59 Å². The van der Waals surface area contributed by atoms with Gasteiger partial charge >= 0.3 is 0 Å². The van der Waals surface area contributed by atoms with Gasteiger partial charge in [0.1, 0.15) is 6.04 Å². The Morgan fingerprint density at radius 1 is 1.04 bits per heavy atom. The van der Waals surface area contributed by atoms with Gasteiger partial charge in [0, 0.05) is 29.6 Å². The average Bonchev–Trinajstić information content (AvgIpc) is 3.09. The van der Waals surface area contributed by atoms with Crippen molar-refractivity contribution in [2.24, 2.45) is 0 Å². The van der Waals surface area contributed by atoms with Gasteiger partial charge in [0.2, 0.25) is 11.8 Å². The van der Waals surface area contributed by atoms with Crippen LogP contribution in [0.4, 0.5) is 0 Å². The van der Waals surface area contributed by atoms with Crippen molar-refractivity contribution in [3.8, 4) is 0 Å². The Labute approximate surface area is 163 Å². The highest BCUT2D eigenvalue weighted by atomic mass is 16.2. The van der Waals surface area contributed by atoms with E-state index in [1.165, 1.54) is 0 Å². The van der Waals surface area contributed by atoms with Crippen LogP contribution in [0, 0.1) is 0 Å². The van der Waals surface area contributed by atoms with Crippen LogP contribution < -0.4 is 0 Å². The molecule has 1 N–H and O–H groups in total. The molecule has 3 aromatic rings. The van der Waals surface area contributed by atoms with Gasteiger partial charge in [-0.2, -0.15) is 0 Å². The Hall–Kier alpha value is -3.08. The second-order valence-corrected chi connectivity index (χ2v) is 7.66. The van der Waals surface area contributed by atoms with Crippen LogP contribution in [0.25, 0.3) is 10.9 Å². The maximum Gasteiger partial charge on any atom is 0.246 e. The quantitative estimate of drug-likeness (QED) is 0.766. The number of piperazine rings is 1. The third-order valence-corrected chi connectivity index (χ3v) is 5.95. The average molecular weight is 373 g/mol. The summed E-state index contributed by atoms with van der Waals surface area (Å²) in [7, 11) is 0. The Bertz CT molecular complexity index is 1060. The minimum absolute atomic E-state index is 0.0243. The van der Waals surface area contributed by atoms with Crippen LogP contribution >= 0.6 is 0 Å². The number of carbonyl (C=O) groups is 2. The highest BCUT2D eigenvalue weighted by Gasteiger charge is 2.47. The summed E-state index contributed by atoms with van der Waals surface area (Å²) in [5, 5.41) is 1.14. The number of nitrogens with one attached hydrogen (secondary N) is 1. The molecule has 0 spiro atoms. The predicted octanol–water partition coefficient (Wildman–Crippen LogP) is 3.26. The summed E-state index contributed by atoms with van der Waals surface area (Å²) >= 11 is 0. The SMILES string of the molecule is CCCN1CC(=O)N2[C@@H](c3ccccc3)c3[nH]c4ccccc4c3C[C@H]2C1=O. The summed E-state index contributed by atoms with van der Waals surface area (Å²) in [6.45, 7) is 2.84. The van der Waals surface area contributed by atoms with Crippen LogP contribution in [0.2, 0.25) is 0 Å². The second-order valence-electron chi connectivity index (χ2n) is 7.66. The van der Waals surface area contributed by atoms with Gasteiger partial charge in [-0.3, -0.25) is 9.59 Å². The smallest absolute Gasteiger partial charge is 0.246 e. The fourth-order valence-corrected chi connectivity index (χ4v) is 4.76. The predicted molar refractivity (Wildman–Crippen MR) is 108 cm³/mol. The largest absolute Gasteiger partial charge is 0.356 e. The van der Waals surface area contributed by atoms with E-state index in [9.17, 15) is 9.59 Å². The number of aromatic nitrogens is 1. The topological polar surface area (TPSA) is 56.4 Å². The van der Waals surface area contributed by atoms with Gasteiger partial charge in [0.25, 0.3) is 0 Å². The molecule has 0 unspecified atom stereocenters. The van der Waals surface area contributed by atoms with Crippen molar-refractivity contribution in [2.75, 3.05) is 13.1 Å². The van der Waals surface area contributed by atoms with Gasteiger partial charge in [0.15, 0.2) is 0 Å². The van der Waals surface area contributed by atoms with Crippen molar-refractivity contribution in [3.63, 3.8) is 0 Å². The number of nitrogens with zero attached hydrogens (tertiary/aromatic N) is 2. The van der Waals surface area contributed by atoms with Gasteiger partial charge in [-0.1, -0.05) is 55.5 Å². The molecule has 0 aliphatic carbocycles. The second kappa shape index (κ2) is 6.51. The molecule has 2 atom stereocenters. The first-order chi connectivity index (χ1) is 13.7. The number of aromatic amines is 1. The lowest BCUT2D eigenvalue weighted by molar-refractivity contribution is -0.158. The maximum atomic E-state index is 13.3. The zero-order valence-electron chi connectivity index (χ0n) is 15.9. The van der Waals surface area contributed by atoms with Crippen molar-refractivity contribution in [2.45, 2.75) is 31.8 Å². The lowest BCUT2D eigenvalue weighted by Gasteiger charge is -2.47. The Balaban J connectivity index is 1.71. The van der Waals surface area contributed by atoms with Crippen molar-refractivity contribution >= 4 is 22.7 Å². The van der Waals surface area contributed by atoms with E-state index in [1.807, 2.05) is 54.3 Å². The molecule has 3 heterocycles. The summed E-state index contributed by atoms with van der Waals surface area (Å²) in [6.07, 6.45) is 1.42. The first kappa shape index (κ1) is 17.0. The zero-order valence-corrected chi connectivity index (χ0v) is 15.9. The van der Waals surface area contributed by atoms with Gasteiger partial charge in [-0.15, -0.1) is 0 Å². The molecule has 0 bridgehead atoms. The third-order valence-electron chi connectivity index (χ3n) is 5.95. The van der Waals surface area contributed by atoms with E-state index >= 15 is 0 Å². The molecule has 1 fully saturated rings. The number of fused-ring (bicyclic) bond motifs is 4. The molecule has 2 aromatic carbocycles. The zero-order chi connectivity index (χ0) is 19.3. The molecular weight excluding hydrogens is 350 g/mol. The highest BCUT2D eigenvalue weighted by molar-refractivity contribution is 5.97. The number of amides is 2. The van der Waals surface area contributed by atoms with E-state index in [2.05, 4.69) is 17.1 Å². The van der Waals surface area contributed by atoms with Gasteiger partial charge in [-0.05, 0) is 23.6 Å². The van der Waals surface area contributed by atoms with Gasteiger partial charge < -0.3 is 14.8 Å². The lowest BCUT2D eigenvalue weighted by Crippen LogP contribution is -2.63. The summed E-state index contributed by atoms with van der Waals surface area (Å²) in [5.41, 5.74) is 4.28. The summed E-state index contributed by atoms with van der Waals surface area (Å²) in [5.74, 6) is 0.0921. The Morgan fingerprint density at radius 3 is 2.57 bits per heavy atom. The Kier molecular flexibility index (Phi) is 3.97. The van der Waals surface area contributed by atoms with Crippen molar-refractivity contribution in [1.29, 1.82) is 0 Å². The number of hydrogen-bond donors (Lipinski definition) is 1. The summed E-state index contributed by atoms with van der Waals surface area (Å²) in [4.78, 5) is 33.5. The maximum absolute atomic E-state index is 13.3. The molecule has 2 aliphatic heterocycles. The van der Waals surface area contributed by atoms with E-state index < -0.39 is 6.04 Å². The first-order valence-corrected chi connectivity index (χ1v) is 9.93. The van der Waals surface area contributed by atoms with Crippen LogP contribution in [0.5, 0.6) is 0 Å². The molecule has 28 heavy (non-hydrogen) atoms. The molecule has 142 valence electrons. The molecule has 5 heteroatoms. The lowest BCUT2D eigenvalue weighted by atomic mass is 9.86. The number of rotatable bonds is 3. The number of hydrogen-bond acceptors (Lipinski definition) is 2. The van der Waals surface area contributed by atoms with Crippen LogP contribution in [0.15, 0.2) is 54.6 Å². The molecular formula is C23H23N3O2. The highest BCUT2D eigenvalue weighted by Crippen LogP contribution is 2.42.